The molecular formula is C11H9ClN2O3. The second kappa shape index (κ2) is 4.55. The molecule has 6 heteroatoms. The predicted octanol–water partition coefficient (Wildman–Crippen LogP) is 1.96. The minimum atomic E-state index is -0.869. The summed E-state index contributed by atoms with van der Waals surface area (Å²) in [6.45, 7) is 1.81. The third-order valence-electron chi connectivity index (χ3n) is 2.23. The van der Waals surface area contributed by atoms with Crippen LogP contribution in [0, 0.1) is 0 Å². The Bertz CT molecular complexity index is 591. The van der Waals surface area contributed by atoms with Crippen molar-refractivity contribution in [3.63, 3.8) is 0 Å². The fourth-order valence-electron chi connectivity index (χ4n) is 1.43. The van der Waals surface area contributed by atoms with Gasteiger partial charge >= 0.3 is 5.97 Å². The number of benzene rings is 1. The highest BCUT2D eigenvalue weighted by atomic mass is 35.5. The highest BCUT2D eigenvalue weighted by Crippen LogP contribution is 2.21. The van der Waals surface area contributed by atoms with E-state index in [9.17, 15) is 9.59 Å². The molecule has 0 aliphatic carbocycles. The SMILES string of the molecule is CCOC(=O)C(=O)c1ccc2n[nH]c(Cl)c2c1. The highest BCUT2D eigenvalue weighted by molar-refractivity contribution is 6.41. The van der Waals surface area contributed by atoms with Gasteiger partial charge in [-0.05, 0) is 25.1 Å². The van der Waals surface area contributed by atoms with Crippen LogP contribution in [0.25, 0.3) is 10.9 Å². The van der Waals surface area contributed by atoms with E-state index in [1.165, 1.54) is 12.1 Å². The maximum absolute atomic E-state index is 11.7. The maximum Gasteiger partial charge on any atom is 0.379 e. The number of carbonyl (C=O) groups excluding carboxylic acids is 2. The van der Waals surface area contributed by atoms with E-state index in [1.54, 1.807) is 13.0 Å². The standard InChI is InChI=1S/C11H9ClN2O3/c1-2-17-11(16)9(15)6-3-4-8-7(5-6)10(12)14-13-8/h3-5H,2H2,1H3,(H,13,14). The summed E-state index contributed by atoms with van der Waals surface area (Å²) in [5.41, 5.74) is 0.870. The van der Waals surface area contributed by atoms with E-state index >= 15 is 0 Å². The van der Waals surface area contributed by atoms with Gasteiger partial charge in [-0.3, -0.25) is 9.89 Å². The Balaban J connectivity index is 2.39. The normalized spacial score (nSPS) is 10.5. The molecule has 1 aromatic carbocycles. The topological polar surface area (TPSA) is 72.1 Å². The minimum Gasteiger partial charge on any atom is -0.460 e. The van der Waals surface area contributed by atoms with Gasteiger partial charge in [0.15, 0.2) is 0 Å². The van der Waals surface area contributed by atoms with Crippen LogP contribution in [0.1, 0.15) is 17.3 Å². The molecule has 0 aliphatic rings. The number of fused-ring (bicyclic) bond motifs is 1. The van der Waals surface area contributed by atoms with Crippen molar-refractivity contribution in [2.45, 2.75) is 6.92 Å². The van der Waals surface area contributed by atoms with Crippen LogP contribution in [-0.2, 0) is 9.53 Å². The summed E-state index contributed by atoms with van der Waals surface area (Å²) in [4.78, 5) is 22.9. The number of nitrogens with one attached hydrogen (secondary N) is 1. The van der Waals surface area contributed by atoms with Crippen molar-refractivity contribution in [1.82, 2.24) is 10.2 Å². The molecule has 2 aromatic rings. The zero-order valence-electron chi connectivity index (χ0n) is 8.99. The number of rotatable bonds is 3. The first-order valence-corrected chi connectivity index (χ1v) is 5.36. The average molecular weight is 253 g/mol. The summed E-state index contributed by atoms with van der Waals surface area (Å²) in [7, 11) is 0. The second-order valence-corrected chi connectivity index (χ2v) is 3.70. The molecule has 0 unspecified atom stereocenters. The van der Waals surface area contributed by atoms with Crippen molar-refractivity contribution in [3.05, 3.63) is 28.9 Å². The third kappa shape index (κ3) is 2.14. The smallest absolute Gasteiger partial charge is 0.379 e. The molecule has 88 valence electrons. The number of nitrogens with zero attached hydrogens (tertiary/aromatic N) is 1. The van der Waals surface area contributed by atoms with Crippen molar-refractivity contribution < 1.29 is 14.3 Å². The highest BCUT2D eigenvalue weighted by Gasteiger charge is 2.18. The lowest BCUT2D eigenvalue weighted by Crippen LogP contribution is -2.17. The Kier molecular flexibility index (Phi) is 3.10. The summed E-state index contributed by atoms with van der Waals surface area (Å²) in [5, 5.41) is 7.43. The second-order valence-electron chi connectivity index (χ2n) is 3.32. The molecular weight excluding hydrogens is 244 g/mol. The quantitative estimate of drug-likeness (QED) is 0.515. The van der Waals surface area contributed by atoms with Crippen LogP contribution in [-0.4, -0.2) is 28.6 Å². The number of hydrogen-bond acceptors (Lipinski definition) is 4. The Morgan fingerprint density at radius 3 is 2.94 bits per heavy atom. The molecule has 17 heavy (non-hydrogen) atoms. The van der Waals surface area contributed by atoms with E-state index in [2.05, 4.69) is 14.9 Å². The molecule has 0 fully saturated rings. The molecule has 0 spiro atoms. The van der Waals surface area contributed by atoms with Crippen LogP contribution in [0.3, 0.4) is 0 Å². The fraction of sp³-hybridized carbons (Fsp3) is 0.182. The number of halogens is 1. The van der Waals surface area contributed by atoms with Gasteiger partial charge in [-0.2, -0.15) is 5.10 Å². The largest absolute Gasteiger partial charge is 0.460 e. The van der Waals surface area contributed by atoms with Crippen molar-refractivity contribution in [3.8, 4) is 0 Å². The number of aromatic amines is 1. The maximum atomic E-state index is 11.7. The first-order valence-electron chi connectivity index (χ1n) is 4.98. The molecule has 0 aliphatic heterocycles. The van der Waals surface area contributed by atoms with E-state index in [1.807, 2.05) is 0 Å². The van der Waals surface area contributed by atoms with Crippen molar-refractivity contribution >= 4 is 34.3 Å². The van der Waals surface area contributed by atoms with Crippen LogP contribution in [0.4, 0.5) is 0 Å². The third-order valence-corrected chi connectivity index (χ3v) is 2.52. The number of ketones is 1. The van der Waals surface area contributed by atoms with Gasteiger partial charge in [0, 0.05) is 10.9 Å². The molecule has 1 aromatic heterocycles. The van der Waals surface area contributed by atoms with E-state index in [-0.39, 0.29) is 12.2 Å². The van der Waals surface area contributed by atoms with Crippen molar-refractivity contribution in [2.75, 3.05) is 6.61 Å². The Morgan fingerprint density at radius 2 is 2.24 bits per heavy atom. The number of H-pyrrole nitrogens is 1. The van der Waals surface area contributed by atoms with Crippen LogP contribution >= 0.6 is 11.6 Å². The van der Waals surface area contributed by atoms with Gasteiger partial charge in [-0.1, -0.05) is 11.6 Å². The number of carbonyl (C=O) groups is 2. The summed E-state index contributed by atoms with van der Waals surface area (Å²) < 4.78 is 4.64. The Labute approximate surface area is 102 Å². The number of hydrogen-bond donors (Lipinski definition) is 1. The number of esters is 1. The van der Waals surface area contributed by atoms with E-state index in [0.717, 1.165) is 0 Å². The Morgan fingerprint density at radius 1 is 1.47 bits per heavy atom. The molecule has 1 N–H and O–H groups in total. The lowest BCUT2D eigenvalue weighted by atomic mass is 10.1. The molecule has 0 saturated carbocycles. The number of aromatic nitrogens is 2. The zero-order valence-corrected chi connectivity index (χ0v) is 9.75. The predicted molar refractivity (Wildman–Crippen MR) is 62.1 cm³/mol. The van der Waals surface area contributed by atoms with Crippen LogP contribution in [0.15, 0.2) is 18.2 Å². The summed E-state index contributed by atoms with van der Waals surface area (Å²) in [6.07, 6.45) is 0. The molecule has 0 amide bonds. The fourth-order valence-corrected chi connectivity index (χ4v) is 1.63. The lowest BCUT2D eigenvalue weighted by Gasteiger charge is -2.00. The van der Waals surface area contributed by atoms with Gasteiger partial charge in [0.25, 0.3) is 5.78 Å². The summed E-state index contributed by atoms with van der Waals surface area (Å²) >= 11 is 5.84. The lowest BCUT2D eigenvalue weighted by molar-refractivity contribution is -0.137. The van der Waals surface area contributed by atoms with Crippen molar-refractivity contribution in [1.29, 1.82) is 0 Å². The zero-order chi connectivity index (χ0) is 12.4. The number of ether oxygens (including phenoxy) is 1. The van der Waals surface area contributed by atoms with Gasteiger partial charge in [-0.25, -0.2) is 4.79 Å². The Hall–Kier alpha value is -1.88. The molecule has 0 radical (unpaired) electrons. The minimum absolute atomic E-state index is 0.166. The van der Waals surface area contributed by atoms with Crippen LogP contribution in [0.2, 0.25) is 5.15 Å². The summed E-state index contributed by atoms with van der Waals surface area (Å²) in [6, 6.07) is 4.64. The number of Topliss-reactive ketones (excluding diaryl/α,β-unsaturated/α-hetero) is 1. The molecule has 1 heterocycles. The van der Waals surface area contributed by atoms with Crippen LogP contribution < -0.4 is 0 Å². The molecule has 0 bridgehead atoms. The van der Waals surface area contributed by atoms with Gasteiger partial charge in [0.2, 0.25) is 0 Å². The van der Waals surface area contributed by atoms with E-state index in [0.29, 0.717) is 16.1 Å². The first kappa shape index (κ1) is 11.6. The van der Waals surface area contributed by atoms with E-state index < -0.39 is 11.8 Å². The molecule has 2 rings (SSSR count). The van der Waals surface area contributed by atoms with E-state index in [4.69, 9.17) is 11.6 Å². The van der Waals surface area contributed by atoms with Gasteiger partial charge in [0.05, 0.1) is 12.1 Å². The monoisotopic (exact) mass is 252 g/mol. The van der Waals surface area contributed by atoms with Gasteiger partial charge in [0.1, 0.15) is 5.15 Å². The average Bonchev–Trinajstić information content (AvgIpc) is 2.70. The first-order chi connectivity index (χ1) is 8.13. The molecule has 0 saturated heterocycles. The van der Waals surface area contributed by atoms with Gasteiger partial charge in [-0.15, -0.1) is 0 Å². The summed E-state index contributed by atoms with van der Waals surface area (Å²) in [5.74, 6) is -1.56. The molecule has 5 nitrogen and oxygen atoms in total. The molecule has 0 atom stereocenters. The van der Waals surface area contributed by atoms with Crippen molar-refractivity contribution in [2.24, 2.45) is 0 Å². The van der Waals surface area contributed by atoms with Crippen LogP contribution in [0.5, 0.6) is 0 Å². The van der Waals surface area contributed by atoms with Gasteiger partial charge < -0.3 is 4.74 Å².